The van der Waals surface area contributed by atoms with E-state index in [0.717, 1.165) is 11.4 Å². The number of nitrogens with zero attached hydrogens (tertiary/aromatic N) is 2. The van der Waals surface area contributed by atoms with Crippen LogP contribution >= 0.6 is 0 Å². The topological polar surface area (TPSA) is 64.1 Å². The fourth-order valence-electron chi connectivity index (χ4n) is 1.81. The Morgan fingerprint density at radius 3 is 2.85 bits per heavy atom. The molecular formula is C15H17N3O2. The van der Waals surface area contributed by atoms with Crippen LogP contribution in [0.4, 0.5) is 0 Å². The highest BCUT2D eigenvalue weighted by atomic mass is 16.5. The molecule has 5 heteroatoms. The zero-order valence-corrected chi connectivity index (χ0v) is 11.6. The molecule has 0 saturated heterocycles. The lowest BCUT2D eigenvalue weighted by Gasteiger charge is -2.10. The number of aryl methyl sites for hydroxylation is 1. The lowest BCUT2D eigenvalue weighted by Crippen LogP contribution is -2.24. The van der Waals surface area contributed by atoms with Crippen LogP contribution in [0.15, 0.2) is 36.7 Å². The predicted molar refractivity (Wildman–Crippen MR) is 75.6 cm³/mol. The first kappa shape index (κ1) is 14.0. The van der Waals surface area contributed by atoms with E-state index >= 15 is 0 Å². The number of ether oxygens (including phenoxy) is 1. The number of rotatable bonds is 5. The summed E-state index contributed by atoms with van der Waals surface area (Å²) in [4.78, 5) is 20.3. The Balaban J connectivity index is 2.05. The molecule has 5 nitrogen and oxygen atoms in total. The van der Waals surface area contributed by atoms with Gasteiger partial charge in [-0.2, -0.15) is 0 Å². The summed E-state index contributed by atoms with van der Waals surface area (Å²) in [6.45, 7) is 4.66. The number of amides is 1. The standard InChI is InChI=1S/C15H17N3O2/c1-3-20-14-7-5-4-6-13(14)15(19)16-9-12-8-11(2)17-10-18-12/h4-8,10H,3,9H2,1-2H3,(H,16,19). The highest BCUT2D eigenvalue weighted by molar-refractivity contribution is 5.96. The molecule has 1 amide bonds. The maximum atomic E-state index is 12.2. The van der Waals surface area contributed by atoms with Gasteiger partial charge in [0.2, 0.25) is 0 Å². The third-order valence-corrected chi connectivity index (χ3v) is 2.72. The normalized spacial score (nSPS) is 10.1. The van der Waals surface area contributed by atoms with Crippen LogP contribution in [0.2, 0.25) is 0 Å². The van der Waals surface area contributed by atoms with E-state index in [0.29, 0.717) is 24.5 Å². The van der Waals surface area contributed by atoms with Crippen LogP contribution in [0.5, 0.6) is 5.75 Å². The maximum absolute atomic E-state index is 12.2. The lowest BCUT2D eigenvalue weighted by atomic mass is 10.2. The number of aromatic nitrogens is 2. The van der Waals surface area contributed by atoms with Crippen LogP contribution in [0.3, 0.4) is 0 Å². The smallest absolute Gasteiger partial charge is 0.255 e. The van der Waals surface area contributed by atoms with Gasteiger partial charge in [-0.1, -0.05) is 12.1 Å². The average Bonchev–Trinajstić information content (AvgIpc) is 2.46. The number of carbonyl (C=O) groups excluding carboxylic acids is 1. The number of hydrogen-bond acceptors (Lipinski definition) is 4. The van der Waals surface area contributed by atoms with E-state index in [1.165, 1.54) is 6.33 Å². The van der Waals surface area contributed by atoms with Gasteiger partial charge in [0.15, 0.2) is 0 Å². The SMILES string of the molecule is CCOc1ccccc1C(=O)NCc1cc(C)ncn1. The van der Waals surface area contributed by atoms with Gasteiger partial charge in [-0.3, -0.25) is 4.79 Å². The van der Waals surface area contributed by atoms with Gasteiger partial charge in [-0.05, 0) is 32.0 Å². The fraction of sp³-hybridized carbons (Fsp3) is 0.267. The minimum absolute atomic E-state index is 0.176. The summed E-state index contributed by atoms with van der Waals surface area (Å²) in [5.74, 6) is 0.414. The molecule has 0 aliphatic heterocycles. The largest absolute Gasteiger partial charge is 0.493 e. The van der Waals surface area contributed by atoms with Crippen LogP contribution in [0.25, 0.3) is 0 Å². The molecule has 20 heavy (non-hydrogen) atoms. The Bertz CT molecular complexity index is 599. The first-order valence-electron chi connectivity index (χ1n) is 6.48. The van der Waals surface area contributed by atoms with E-state index < -0.39 is 0 Å². The quantitative estimate of drug-likeness (QED) is 0.904. The molecule has 0 unspecified atom stereocenters. The zero-order chi connectivity index (χ0) is 14.4. The van der Waals surface area contributed by atoms with Crippen LogP contribution < -0.4 is 10.1 Å². The molecule has 0 bridgehead atoms. The Labute approximate surface area is 118 Å². The van der Waals surface area contributed by atoms with Gasteiger partial charge in [0.1, 0.15) is 12.1 Å². The molecule has 0 saturated carbocycles. The Morgan fingerprint density at radius 1 is 1.30 bits per heavy atom. The second-order valence-electron chi connectivity index (χ2n) is 4.26. The van der Waals surface area contributed by atoms with Gasteiger partial charge in [0.25, 0.3) is 5.91 Å². The highest BCUT2D eigenvalue weighted by Crippen LogP contribution is 2.17. The molecule has 1 heterocycles. The van der Waals surface area contributed by atoms with Crippen molar-refractivity contribution >= 4 is 5.91 Å². The van der Waals surface area contributed by atoms with E-state index in [1.807, 2.05) is 32.0 Å². The van der Waals surface area contributed by atoms with Gasteiger partial charge < -0.3 is 10.1 Å². The minimum Gasteiger partial charge on any atom is -0.493 e. The first-order chi connectivity index (χ1) is 9.70. The molecule has 0 radical (unpaired) electrons. The molecule has 2 aromatic rings. The second kappa shape index (κ2) is 6.65. The van der Waals surface area contributed by atoms with Crippen molar-refractivity contribution in [3.8, 4) is 5.75 Å². The number of carbonyl (C=O) groups is 1. The van der Waals surface area contributed by atoms with Crippen molar-refractivity contribution in [2.45, 2.75) is 20.4 Å². The summed E-state index contributed by atoms with van der Waals surface area (Å²) in [7, 11) is 0. The monoisotopic (exact) mass is 271 g/mol. The van der Waals surface area contributed by atoms with Crippen LogP contribution in [-0.2, 0) is 6.54 Å². The molecule has 0 fully saturated rings. The predicted octanol–water partition coefficient (Wildman–Crippen LogP) is 2.11. The summed E-state index contributed by atoms with van der Waals surface area (Å²) in [5.41, 5.74) is 2.18. The third kappa shape index (κ3) is 3.54. The molecular weight excluding hydrogens is 254 g/mol. The summed E-state index contributed by atoms with van der Waals surface area (Å²) >= 11 is 0. The zero-order valence-electron chi connectivity index (χ0n) is 11.6. The lowest BCUT2D eigenvalue weighted by molar-refractivity contribution is 0.0946. The van der Waals surface area contributed by atoms with Crippen molar-refractivity contribution in [3.63, 3.8) is 0 Å². The molecule has 0 atom stereocenters. The van der Waals surface area contributed by atoms with Crippen molar-refractivity contribution in [2.75, 3.05) is 6.61 Å². The molecule has 1 N–H and O–H groups in total. The van der Waals surface area contributed by atoms with Crippen LogP contribution in [0, 0.1) is 6.92 Å². The molecule has 1 aromatic heterocycles. The van der Waals surface area contributed by atoms with Crippen LogP contribution in [-0.4, -0.2) is 22.5 Å². The van der Waals surface area contributed by atoms with E-state index in [4.69, 9.17) is 4.74 Å². The van der Waals surface area contributed by atoms with Crippen LogP contribution in [0.1, 0.15) is 28.7 Å². The Hall–Kier alpha value is -2.43. The number of hydrogen-bond donors (Lipinski definition) is 1. The van der Waals surface area contributed by atoms with Crippen molar-refractivity contribution in [3.05, 3.63) is 53.6 Å². The molecule has 2 rings (SSSR count). The van der Waals surface area contributed by atoms with Crippen molar-refractivity contribution in [1.82, 2.24) is 15.3 Å². The fourth-order valence-corrected chi connectivity index (χ4v) is 1.81. The Kier molecular flexibility index (Phi) is 4.65. The van der Waals surface area contributed by atoms with E-state index in [9.17, 15) is 4.79 Å². The van der Waals surface area contributed by atoms with Crippen molar-refractivity contribution in [2.24, 2.45) is 0 Å². The number of benzene rings is 1. The third-order valence-electron chi connectivity index (χ3n) is 2.72. The van der Waals surface area contributed by atoms with E-state index in [-0.39, 0.29) is 5.91 Å². The number of para-hydroxylation sites is 1. The van der Waals surface area contributed by atoms with Crippen molar-refractivity contribution in [1.29, 1.82) is 0 Å². The first-order valence-corrected chi connectivity index (χ1v) is 6.48. The van der Waals surface area contributed by atoms with Gasteiger partial charge >= 0.3 is 0 Å². The van der Waals surface area contributed by atoms with Crippen molar-refractivity contribution < 1.29 is 9.53 Å². The average molecular weight is 271 g/mol. The molecule has 0 spiro atoms. The summed E-state index contributed by atoms with van der Waals surface area (Å²) < 4.78 is 5.44. The van der Waals surface area contributed by atoms with Gasteiger partial charge in [0.05, 0.1) is 24.4 Å². The summed E-state index contributed by atoms with van der Waals surface area (Å²) in [6.07, 6.45) is 1.49. The molecule has 0 aliphatic carbocycles. The molecule has 1 aromatic carbocycles. The van der Waals surface area contributed by atoms with Gasteiger partial charge in [-0.25, -0.2) is 9.97 Å². The summed E-state index contributed by atoms with van der Waals surface area (Å²) in [6, 6.07) is 9.02. The number of nitrogens with one attached hydrogen (secondary N) is 1. The summed E-state index contributed by atoms with van der Waals surface area (Å²) in [5, 5.41) is 2.83. The van der Waals surface area contributed by atoms with E-state index in [1.54, 1.807) is 12.1 Å². The highest BCUT2D eigenvalue weighted by Gasteiger charge is 2.11. The second-order valence-corrected chi connectivity index (χ2v) is 4.26. The van der Waals surface area contributed by atoms with E-state index in [2.05, 4.69) is 15.3 Å². The molecule has 104 valence electrons. The maximum Gasteiger partial charge on any atom is 0.255 e. The van der Waals surface area contributed by atoms with Gasteiger partial charge in [0, 0.05) is 5.69 Å². The molecule has 0 aliphatic rings. The Morgan fingerprint density at radius 2 is 2.10 bits per heavy atom. The van der Waals surface area contributed by atoms with Gasteiger partial charge in [-0.15, -0.1) is 0 Å². The minimum atomic E-state index is -0.176.